The van der Waals surface area contributed by atoms with Crippen LogP contribution in [0.25, 0.3) is 33.1 Å². The van der Waals surface area contributed by atoms with E-state index in [1.54, 1.807) is 19.1 Å². The summed E-state index contributed by atoms with van der Waals surface area (Å²) in [5, 5.41) is 3.52. The van der Waals surface area contributed by atoms with Crippen molar-refractivity contribution >= 4 is 63.6 Å². The van der Waals surface area contributed by atoms with Crippen LogP contribution in [-0.2, 0) is 24.5 Å². The molecule has 2 atom stereocenters. The molecule has 11 nitrogen and oxygen atoms in total. The number of aromatic nitrogens is 5. The SMILES string of the molecule is CCOC(=O)OCOC(=O)[C@@H]1C2CCC(CC2)[C@H]1Nc1nc(-c2cn(C(c3ccccc3)(c3ccccc3)c3ccccc3)c3ncc(Cl)nc23)nc(-c2ccc(Cl)s2)c1F. The zero-order valence-corrected chi connectivity index (χ0v) is 35.2. The van der Waals surface area contributed by atoms with Crippen molar-refractivity contribution in [2.24, 2.45) is 17.8 Å². The van der Waals surface area contributed by atoms with E-state index in [1.807, 2.05) is 60.8 Å². The molecule has 3 aromatic carbocycles. The predicted molar refractivity (Wildman–Crippen MR) is 232 cm³/mol. The lowest BCUT2D eigenvalue weighted by Gasteiger charge is -2.47. The summed E-state index contributed by atoms with van der Waals surface area (Å²) >= 11 is 14.2. The lowest BCUT2D eigenvalue weighted by atomic mass is 9.61. The minimum Gasteiger partial charge on any atom is -0.435 e. The molecule has 0 amide bonds. The molecule has 4 aromatic heterocycles. The van der Waals surface area contributed by atoms with Crippen LogP contribution in [0.3, 0.4) is 0 Å². The molecular formula is C46H39Cl2FN6O5S. The van der Waals surface area contributed by atoms with Gasteiger partial charge in [0.25, 0.3) is 0 Å². The molecule has 3 aliphatic carbocycles. The van der Waals surface area contributed by atoms with E-state index >= 15 is 4.39 Å². The van der Waals surface area contributed by atoms with Crippen molar-refractivity contribution in [2.75, 3.05) is 18.7 Å². The number of hydrogen-bond donors (Lipinski definition) is 1. The number of nitrogens with zero attached hydrogens (tertiary/aromatic N) is 5. The van der Waals surface area contributed by atoms with Gasteiger partial charge in [-0.3, -0.25) is 4.79 Å². The molecule has 15 heteroatoms. The van der Waals surface area contributed by atoms with Gasteiger partial charge in [-0.2, -0.15) is 0 Å². The molecule has 4 heterocycles. The molecule has 0 radical (unpaired) electrons. The molecule has 310 valence electrons. The van der Waals surface area contributed by atoms with Crippen LogP contribution < -0.4 is 5.32 Å². The number of nitrogens with one attached hydrogen (secondary N) is 1. The Bertz CT molecular complexity index is 2600. The van der Waals surface area contributed by atoms with E-state index in [-0.39, 0.29) is 40.9 Å². The maximum Gasteiger partial charge on any atom is 0.511 e. The highest BCUT2D eigenvalue weighted by molar-refractivity contribution is 7.19. The maximum absolute atomic E-state index is 17.1. The van der Waals surface area contributed by atoms with Crippen LogP contribution >= 0.6 is 34.5 Å². The zero-order valence-electron chi connectivity index (χ0n) is 32.8. The van der Waals surface area contributed by atoms with Crippen molar-refractivity contribution in [3.05, 3.63) is 148 Å². The van der Waals surface area contributed by atoms with Crippen LogP contribution in [0, 0.1) is 23.6 Å². The number of carbonyl (C=O) groups is 2. The van der Waals surface area contributed by atoms with E-state index in [0.717, 1.165) is 42.4 Å². The highest BCUT2D eigenvalue weighted by Gasteiger charge is 2.49. The van der Waals surface area contributed by atoms with Gasteiger partial charge in [-0.15, -0.1) is 11.3 Å². The number of benzene rings is 3. The van der Waals surface area contributed by atoms with Gasteiger partial charge < -0.3 is 24.1 Å². The molecule has 0 saturated heterocycles. The number of ether oxygens (including phenoxy) is 3. The minimum atomic E-state index is -1.00. The van der Waals surface area contributed by atoms with Crippen LogP contribution in [-0.4, -0.2) is 56.1 Å². The number of hydrogen-bond acceptors (Lipinski definition) is 11. The number of carbonyl (C=O) groups excluding carboxylic acids is 2. The fourth-order valence-electron chi connectivity index (χ4n) is 9.16. The molecule has 3 saturated carbocycles. The molecule has 7 aromatic rings. The standard InChI is InChI=1S/C46H39Cl2FN6O5S/c1-2-58-45(57)60-26-59-44(56)36-27-18-20-28(21-19-27)38(36)52-42-37(49)40(33-22-23-35(48)61-33)53-41(54-42)32-25-55(43-39(32)51-34(47)24-50-43)46(29-12-6-3-7-13-29,30-14-8-4-9-15-30)31-16-10-5-11-17-31/h3-17,22-25,27-28,36,38H,2,18-21,26H2,1H3,(H,52,53,54)/t27?,28?,36-,38-/m1/s1. The van der Waals surface area contributed by atoms with E-state index in [1.165, 1.54) is 17.5 Å². The summed E-state index contributed by atoms with van der Waals surface area (Å²) < 4.78 is 34.9. The summed E-state index contributed by atoms with van der Waals surface area (Å²) in [6, 6.07) is 33.2. The van der Waals surface area contributed by atoms with E-state index in [0.29, 0.717) is 25.9 Å². The van der Waals surface area contributed by atoms with Crippen LogP contribution in [0.2, 0.25) is 9.49 Å². The third kappa shape index (κ3) is 7.59. The smallest absolute Gasteiger partial charge is 0.435 e. The molecule has 61 heavy (non-hydrogen) atoms. The Morgan fingerprint density at radius 2 is 1.44 bits per heavy atom. The van der Waals surface area contributed by atoms with Crippen LogP contribution in [0.15, 0.2) is 116 Å². The lowest BCUT2D eigenvalue weighted by Crippen LogP contribution is -2.52. The topological polar surface area (TPSA) is 130 Å². The van der Waals surface area contributed by atoms with Crippen molar-refractivity contribution in [1.82, 2.24) is 24.5 Å². The monoisotopic (exact) mass is 876 g/mol. The van der Waals surface area contributed by atoms with E-state index < -0.39 is 42.2 Å². The Morgan fingerprint density at radius 3 is 2.03 bits per heavy atom. The van der Waals surface area contributed by atoms with Crippen LogP contribution in [0.1, 0.15) is 49.3 Å². The van der Waals surface area contributed by atoms with Gasteiger partial charge in [0.1, 0.15) is 21.9 Å². The lowest BCUT2D eigenvalue weighted by molar-refractivity contribution is -0.164. The molecule has 1 N–H and O–H groups in total. The van der Waals surface area contributed by atoms with Gasteiger partial charge in [-0.25, -0.2) is 29.1 Å². The van der Waals surface area contributed by atoms with Gasteiger partial charge in [-0.05, 0) is 73.3 Å². The van der Waals surface area contributed by atoms with E-state index in [4.69, 9.17) is 57.3 Å². The first-order chi connectivity index (χ1) is 29.8. The Labute approximate surface area is 364 Å². The fourth-order valence-corrected chi connectivity index (χ4v) is 10.3. The molecule has 3 aliphatic rings. The van der Waals surface area contributed by atoms with E-state index in [9.17, 15) is 9.59 Å². The molecular weight excluding hydrogens is 839 g/mol. The molecule has 10 rings (SSSR count). The Kier molecular flexibility index (Phi) is 11.4. The minimum absolute atomic E-state index is 0.0146. The largest absolute Gasteiger partial charge is 0.511 e. The molecule has 0 unspecified atom stereocenters. The summed E-state index contributed by atoms with van der Waals surface area (Å²) in [4.78, 5) is 45.6. The summed E-state index contributed by atoms with van der Waals surface area (Å²) in [6.07, 6.45) is 5.75. The zero-order chi connectivity index (χ0) is 42.1. The Balaban J connectivity index is 1.22. The average molecular weight is 878 g/mol. The molecule has 0 aliphatic heterocycles. The van der Waals surface area contributed by atoms with Crippen molar-refractivity contribution in [1.29, 1.82) is 0 Å². The van der Waals surface area contributed by atoms with Gasteiger partial charge in [-0.1, -0.05) is 114 Å². The van der Waals surface area contributed by atoms with Crippen molar-refractivity contribution < 1.29 is 28.2 Å². The van der Waals surface area contributed by atoms with E-state index in [2.05, 4.69) is 46.3 Å². The number of rotatable bonds is 12. The normalized spacial score (nSPS) is 18.5. The van der Waals surface area contributed by atoms with Crippen molar-refractivity contribution in [2.45, 2.75) is 44.2 Å². The van der Waals surface area contributed by atoms with Gasteiger partial charge in [0.15, 0.2) is 23.1 Å². The average Bonchev–Trinajstić information content (AvgIpc) is 3.89. The summed E-state index contributed by atoms with van der Waals surface area (Å²) in [7, 11) is 0. The second-order valence-corrected chi connectivity index (χ2v) is 17.1. The summed E-state index contributed by atoms with van der Waals surface area (Å²) in [5.74, 6) is -1.89. The summed E-state index contributed by atoms with van der Waals surface area (Å²) in [6.45, 7) is 1.16. The van der Waals surface area contributed by atoms with Crippen molar-refractivity contribution in [3.8, 4) is 22.0 Å². The van der Waals surface area contributed by atoms with Gasteiger partial charge >= 0.3 is 12.1 Å². The second-order valence-electron chi connectivity index (χ2n) is 15.0. The fraction of sp³-hybridized carbons (Fsp3) is 0.261. The van der Waals surface area contributed by atoms with Gasteiger partial charge in [0, 0.05) is 12.2 Å². The predicted octanol–water partition coefficient (Wildman–Crippen LogP) is 10.8. The first-order valence-electron chi connectivity index (χ1n) is 20.0. The van der Waals surface area contributed by atoms with Crippen LogP contribution in [0.5, 0.6) is 0 Å². The second kappa shape index (κ2) is 17.2. The number of anilines is 1. The van der Waals surface area contributed by atoms with Crippen LogP contribution in [0.4, 0.5) is 15.0 Å². The third-order valence-electron chi connectivity index (χ3n) is 11.7. The molecule has 3 fully saturated rings. The first-order valence-corrected chi connectivity index (χ1v) is 21.6. The highest BCUT2D eigenvalue weighted by atomic mass is 35.5. The number of thiophene rings is 1. The quantitative estimate of drug-likeness (QED) is 0.0719. The van der Waals surface area contributed by atoms with Gasteiger partial charge in [0.2, 0.25) is 6.79 Å². The number of esters is 1. The maximum atomic E-state index is 17.1. The molecule has 0 spiro atoms. The Hall–Kier alpha value is -5.89. The third-order valence-corrected chi connectivity index (χ3v) is 13.2. The Morgan fingerprint density at radius 1 is 0.820 bits per heavy atom. The highest BCUT2D eigenvalue weighted by Crippen LogP contribution is 2.48. The van der Waals surface area contributed by atoms with Gasteiger partial charge in [0.05, 0.1) is 33.5 Å². The number of halogens is 3. The first kappa shape index (κ1) is 40.5. The summed E-state index contributed by atoms with van der Waals surface area (Å²) in [5.41, 5.74) is 3.18. The number of fused-ring (bicyclic) bond motifs is 4. The van der Waals surface area contributed by atoms with Crippen molar-refractivity contribution in [3.63, 3.8) is 0 Å². The molecule has 2 bridgehead atoms.